The second-order valence-corrected chi connectivity index (χ2v) is 7.72. The molecule has 0 amide bonds. The average molecular weight is 403 g/mol. The molecule has 1 saturated heterocycles. The van der Waals surface area contributed by atoms with Crippen molar-refractivity contribution in [2.24, 2.45) is 0 Å². The molecule has 2 aromatic heterocycles. The Morgan fingerprint density at radius 1 is 1.28 bits per heavy atom. The van der Waals surface area contributed by atoms with Gasteiger partial charge in [-0.2, -0.15) is 0 Å². The number of rotatable bonds is 5. The molecule has 10 heteroatoms. The highest BCUT2D eigenvalue weighted by atomic mass is 16.6. The molecule has 2 fully saturated rings. The van der Waals surface area contributed by atoms with Crippen molar-refractivity contribution in [2.45, 2.75) is 68.7 Å². The fourth-order valence-corrected chi connectivity index (χ4v) is 3.77. The lowest BCUT2D eigenvalue weighted by molar-refractivity contribution is -0.0511. The van der Waals surface area contributed by atoms with Gasteiger partial charge in [0.15, 0.2) is 17.7 Å². The molecular formula is C19H25N5O5. The van der Waals surface area contributed by atoms with Gasteiger partial charge in [-0.05, 0) is 38.0 Å². The summed E-state index contributed by atoms with van der Waals surface area (Å²) in [6.07, 6.45) is 1.98. The summed E-state index contributed by atoms with van der Waals surface area (Å²) in [6.45, 7) is -0.426. The van der Waals surface area contributed by atoms with E-state index in [-0.39, 0.29) is 11.6 Å². The van der Waals surface area contributed by atoms with Crippen molar-refractivity contribution >= 4 is 17.0 Å². The van der Waals surface area contributed by atoms with E-state index in [9.17, 15) is 20.4 Å². The number of ether oxygens (including phenoxy) is 1. The lowest BCUT2D eigenvalue weighted by Gasteiger charge is -2.36. The lowest BCUT2D eigenvalue weighted by atomic mass is 9.77. The molecule has 1 aliphatic carbocycles. The molecule has 3 heterocycles. The van der Waals surface area contributed by atoms with Crippen molar-refractivity contribution in [3.63, 3.8) is 0 Å². The molecule has 156 valence electrons. The number of nitrogens with two attached hydrogens (primary N) is 1. The van der Waals surface area contributed by atoms with E-state index in [0.29, 0.717) is 17.6 Å². The molecule has 4 rings (SSSR count). The Balaban J connectivity index is 1.52. The van der Waals surface area contributed by atoms with E-state index in [1.807, 2.05) is 0 Å². The minimum absolute atomic E-state index is 0.147. The van der Waals surface area contributed by atoms with Crippen LogP contribution in [-0.2, 0) is 4.74 Å². The third-order valence-electron chi connectivity index (χ3n) is 5.67. The zero-order valence-electron chi connectivity index (χ0n) is 15.9. The monoisotopic (exact) mass is 403 g/mol. The molecule has 0 radical (unpaired) electrons. The van der Waals surface area contributed by atoms with Gasteiger partial charge in [0.05, 0.1) is 18.5 Å². The molecule has 2 aliphatic rings. The maximum Gasteiger partial charge on any atom is 0.208 e. The van der Waals surface area contributed by atoms with Crippen LogP contribution in [0.3, 0.4) is 0 Å². The number of unbranched alkanes of at least 4 members (excludes halogenated alkanes) is 1. The Bertz CT molecular complexity index is 948. The standard InChI is InChI=1S/C19H25N5O5/c20-16-13-17(24(10-21-13)18-15(27)14(26)11(9-25)29-18)23-12(22-16)5-2-1-3-6-19(28)7-4-8-19/h10-11,14-15,18,25-28H,1,3-4,6-9H2,(H2,20,22,23)/t11-,14-,15-,18-/m1/s1. The van der Waals surface area contributed by atoms with Gasteiger partial charge in [0.2, 0.25) is 5.82 Å². The van der Waals surface area contributed by atoms with Crippen LogP contribution in [0.5, 0.6) is 0 Å². The smallest absolute Gasteiger partial charge is 0.208 e. The SMILES string of the molecule is Nc1nc(C#CCCCC2(O)CCC2)nc2c1ncn2[C@@H]1O[C@H](CO)[C@@H](O)[C@H]1O. The second-order valence-electron chi connectivity index (χ2n) is 7.72. The minimum Gasteiger partial charge on any atom is -0.394 e. The summed E-state index contributed by atoms with van der Waals surface area (Å²) in [6, 6.07) is 0. The van der Waals surface area contributed by atoms with Gasteiger partial charge in [0.25, 0.3) is 0 Å². The van der Waals surface area contributed by atoms with Crippen molar-refractivity contribution in [1.82, 2.24) is 19.5 Å². The maximum atomic E-state index is 10.3. The zero-order chi connectivity index (χ0) is 20.6. The number of anilines is 1. The summed E-state index contributed by atoms with van der Waals surface area (Å²) in [5.41, 5.74) is 6.12. The molecule has 0 spiro atoms. The molecule has 0 bridgehead atoms. The van der Waals surface area contributed by atoms with Crippen LogP contribution >= 0.6 is 0 Å². The number of hydrogen-bond donors (Lipinski definition) is 5. The van der Waals surface area contributed by atoms with Crippen molar-refractivity contribution in [3.8, 4) is 11.8 Å². The highest BCUT2D eigenvalue weighted by Crippen LogP contribution is 2.35. The van der Waals surface area contributed by atoms with E-state index >= 15 is 0 Å². The zero-order valence-corrected chi connectivity index (χ0v) is 15.9. The van der Waals surface area contributed by atoms with Crippen molar-refractivity contribution in [2.75, 3.05) is 12.3 Å². The highest BCUT2D eigenvalue weighted by Gasteiger charge is 2.44. The van der Waals surface area contributed by atoms with Crippen LogP contribution < -0.4 is 5.73 Å². The summed E-state index contributed by atoms with van der Waals surface area (Å²) < 4.78 is 6.99. The lowest BCUT2D eigenvalue weighted by Crippen LogP contribution is -2.36. The summed E-state index contributed by atoms with van der Waals surface area (Å²) in [5, 5.41) is 39.6. The quantitative estimate of drug-likeness (QED) is 0.326. The van der Waals surface area contributed by atoms with Gasteiger partial charge in [0, 0.05) is 6.42 Å². The van der Waals surface area contributed by atoms with E-state index in [4.69, 9.17) is 10.5 Å². The van der Waals surface area contributed by atoms with Gasteiger partial charge in [-0.15, -0.1) is 0 Å². The van der Waals surface area contributed by atoms with Gasteiger partial charge < -0.3 is 30.9 Å². The van der Waals surface area contributed by atoms with E-state index in [0.717, 1.165) is 32.1 Å². The van der Waals surface area contributed by atoms with E-state index in [2.05, 4.69) is 26.8 Å². The van der Waals surface area contributed by atoms with Crippen LogP contribution in [0.2, 0.25) is 0 Å². The molecule has 29 heavy (non-hydrogen) atoms. The molecule has 1 saturated carbocycles. The largest absolute Gasteiger partial charge is 0.394 e. The summed E-state index contributed by atoms with van der Waals surface area (Å²) in [7, 11) is 0. The third-order valence-corrected chi connectivity index (χ3v) is 5.67. The Morgan fingerprint density at radius 3 is 2.72 bits per heavy atom. The second kappa shape index (κ2) is 7.85. The van der Waals surface area contributed by atoms with Gasteiger partial charge >= 0.3 is 0 Å². The topological polar surface area (TPSA) is 160 Å². The average Bonchev–Trinajstić information content (AvgIpc) is 3.22. The van der Waals surface area contributed by atoms with E-state index < -0.39 is 36.7 Å². The Kier molecular flexibility index (Phi) is 5.42. The first-order chi connectivity index (χ1) is 13.9. The fraction of sp³-hybridized carbons (Fsp3) is 0.632. The first-order valence-corrected chi connectivity index (χ1v) is 9.76. The molecule has 0 unspecified atom stereocenters. The summed E-state index contributed by atoms with van der Waals surface area (Å²) in [4.78, 5) is 12.7. The first kappa shape index (κ1) is 20.0. The molecule has 4 atom stereocenters. The fourth-order valence-electron chi connectivity index (χ4n) is 3.77. The van der Waals surface area contributed by atoms with Crippen molar-refractivity contribution in [3.05, 3.63) is 12.2 Å². The number of hydrogen-bond acceptors (Lipinski definition) is 9. The summed E-state index contributed by atoms with van der Waals surface area (Å²) >= 11 is 0. The molecule has 10 nitrogen and oxygen atoms in total. The number of nitrogen functional groups attached to an aromatic ring is 1. The Morgan fingerprint density at radius 2 is 2.07 bits per heavy atom. The molecule has 1 aliphatic heterocycles. The predicted octanol–water partition coefficient (Wildman–Crippen LogP) is -0.543. The number of fused-ring (bicyclic) bond motifs is 1. The van der Waals surface area contributed by atoms with Crippen LogP contribution in [0.15, 0.2) is 6.33 Å². The molecular weight excluding hydrogens is 378 g/mol. The van der Waals surface area contributed by atoms with Gasteiger partial charge in [-0.25, -0.2) is 15.0 Å². The Labute approximate surface area is 167 Å². The van der Waals surface area contributed by atoms with Crippen LogP contribution in [0, 0.1) is 11.8 Å². The number of aromatic nitrogens is 4. The molecule has 6 N–H and O–H groups in total. The normalized spacial score (nSPS) is 28.1. The van der Waals surface area contributed by atoms with E-state index in [1.165, 1.54) is 10.9 Å². The minimum atomic E-state index is -1.26. The number of nitrogens with zero attached hydrogens (tertiary/aromatic N) is 4. The van der Waals surface area contributed by atoms with Crippen molar-refractivity contribution < 1.29 is 25.2 Å². The van der Waals surface area contributed by atoms with Crippen LogP contribution in [-0.4, -0.2) is 70.5 Å². The number of imidazole rings is 1. The van der Waals surface area contributed by atoms with Crippen LogP contribution in [0.25, 0.3) is 11.2 Å². The van der Waals surface area contributed by atoms with Gasteiger partial charge in [0.1, 0.15) is 23.8 Å². The number of aliphatic hydroxyl groups is 4. The molecule has 2 aromatic rings. The predicted molar refractivity (Wildman–Crippen MR) is 102 cm³/mol. The first-order valence-electron chi connectivity index (χ1n) is 9.76. The highest BCUT2D eigenvalue weighted by molar-refractivity contribution is 5.82. The number of aliphatic hydroxyl groups excluding tert-OH is 3. The van der Waals surface area contributed by atoms with Crippen LogP contribution in [0.1, 0.15) is 50.6 Å². The van der Waals surface area contributed by atoms with Crippen LogP contribution in [0.4, 0.5) is 5.82 Å². The summed E-state index contributed by atoms with van der Waals surface area (Å²) in [5.74, 6) is 6.24. The Hall–Kier alpha value is -2.29. The van der Waals surface area contributed by atoms with Gasteiger partial charge in [-0.3, -0.25) is 4.57 Å². The maximum absolute atomic E-state index is 10.3. The van der Waals surface area contributed by atoms with E-state index in [1.54, 1.807) is 0 Å². The van der Waals surface area contributed by atoms with Gasteiger partial charge in [-0.1, -0.05) is 5.92 Å². The molecule has 0 aromatic carbocycles. The van der Waals surface area contributed by atoms with Crippen molar-refractivity contribution in [1.29, 1.82) is 0 Å². The third kappa shape index (κ3) is 3.80.